The van der Waals surface area contributed by atoms with E-state index in [0.717, 1.165) is 31.5 Å². The molecule has 0 aromatic heterocycles. The van der Waals surface area contributed by atoms with E-state index in [4.69, 9.17) is 14.2 Å². The molecule has 1 saturated carbocycles. The lowest BCUT2D eigenvalue weighted by atomic mass is 10.0. The summed E-state index contributed by atoms with van der Waals surface area (Å²) in [4.78, 5) is 27.3. The van der Waals surface area contributed by atoms with Gasteiger partial charge >= 0.3 is 6.03 Å². The predicted octanol–water partition coefficient (Wildman–Crippen LogP) is 2.79. The molecule has 2 aromatic rings. The number of urea groups is 1. The highest BCUT2D eigenvalue weighted by Gasteiger charge is 2.25. The molecule has 0 radical (unpaired) electrons. The zero-order valence-electron chi connectivity index (χ0n) is 19.6. The zero-order valence-corrected chi connectivity index (χ0v) is 19.6. The van der Waals surface area contributed by atoms with Gasteiger partial charge in [-0.1, -0.05) is 12.1 Å². The Kier molecular flexibility index (Phi) is 7.87. The van der Waals surface area contributed by atoms with Gasteiger partial charge in [0, 0.05) is 36.9 Å². The third-order valence-corrected chi connectivity index (χ3v) is 6.03. The van der Waals surface area contributed by atoms with E-state index in [1.165, 1.54) is 0 Å². The van der Waals surface area contributed by atoms with E-state index in [1.54, 1.807) is 38.5 Å². The van der Waals surface area contributed by atoms with Gasteiger partial charge in [-0.15, -0.1) is 0 Å². The van der Waals surface area contributed by atoms with Crippen LogP contribution >= 0.6 is 0 Å². The molecule has 1 aliphatic carbocycles. The number of morpholine rings is 1. The lowest BCUT2D eigenvalue weighted by molar-refractivity contribution is 0.0162. The maximum absolute atomic E-state index is 13.0. The molecule has 1 atom stereocenters. The molecule has 2 fully saturated rings. The van der Waals surface area contributed by atoms with Crippen LogP contribution < -0.4 is 25.4 Å². The fourth-order valence-electron chi connectivity index (χ4n) is 4.02. The lowest BCUT2D eigenvalue weighted by Gasteiger charge is -2.35. The molecule has 1 aliphatic heterocycles. The number of methoxy groups -OCH3 is 2. The summed E-state index contributed by atoms with van der Waals surface area (Å²) in [6, 6.07) is 12.7. The van der Waals surface area contributed by atoms with Gasteiger partial charge in [-0.05, 0) is 48.7 Å². The molecule has 9 heteroatoms. The van der Waals surface area contributed by atoms with E-state index in [1.807, 2.05) is 18.2 Å². The van der Waals surface area contributed by atoms with E-state index in [-0.39, 0.29) is 24.0 Å². The molecule has 9 nitrogen and oxygen atoms in total. The van der Waals surface area contributed by atoms with Gasteiger partial charge in [0.2, 0.25) is 0 Å². The number of hydrogen-bond acceptors (Lipinski definition) is 6. The summed E-state index contributed by atoms with van der Waals surface area (Å²) in [5.74, 6) is 1.10. The van der Waals surface area contributed by atoms with Gasteiger partial charge in [0.25, 0.3) is 5.91 Å². The molecular weight excluding hydrogens is 436 g/mol. The fourth-order valence-corrected chi connectivity index (χ4v) is 4.02. The summed E-state index contributed by atoms with van der Waals surface area (Å²) in [7, 11) is 3.22. The number of amides is 3. The normalized spacial score (nSPS) is 16.9. The molecule has 3 N–H and O–H groups in total. The molecule has 4 rings (SSSR count). The number of benzene rings is 2. The summed E-state index contributed by atoms with van der Waals surface area (Å²) >= 11 is 0. The monoisotopic (exact) mass is 468 g/mol. The Balaban J connectivity index is 1.45. The van der Waals surface area contributed by atoms with Crippen molar-refractivity contribution < 1.29 is 23.8 Å². The molecule has 2 aliphatic rings. The molecule has 3 amide bonds. The molecular formula is C25H32N4O5. The maximum Gasteiger partial charge on any atom is 0.319 e. The Morgan fingerprint density at radius 2 is 1.82 bits per heavy atom. The van der Waals surface area contributed by atoms with Crippen LogP contribution in [0.3, 0.4) is 0 Å². The second-order valence-corrected chi connectivity index (χ2v) is 8.44. The van der Waals surface area contributed by atoms with E-state index in [0.29, 0.717) is 42.5 Å². The number of carbonyl (C=O) groups is 2. The van der Waals surface area contributed by atoms with E-state index in [9.17, 15) is 9.59 Å². The van der Waals surface area contributed by atoms with Crippen molar-refractivity contribution >= 4 is 17.6 Å². The summed E-state index contributed by atoms with van der Waals surface area (Å²) in [6.07, 6.45) is 2.03. The van der Waals surface area contributed by atoms with E-state index >= 15 is 0 Å². The van der Waals surface area contributed by atoms with Gasteiger partial charge in [0.1, 0.15) is 0 Å². The predicted molar refractivity (Wildman–Crippen MR) is 129 cm³/mol. The van der Waals surface area contributed by atoms with Crippen molar-refractivity contribution in [3.8, 4) is 11.5 Å². The first kappa shape index (κ1) is 23.8. The van der Waals surface area contributed by atoms with Crippen LogP contribution in [-0.2, 0) is 4.74 Å². The van der Waals surface area contributed by atoms with Crippen molar-refractivity contribution in [2.24, 2.45) is 0 Å². The first-order valence-corrected chi connectivity index (χ1v) is 11.6. The van der Waals surface area contributed by atoms with Crippen LogP contribution in [-0.4, -0.2) is 69.9 Å². The lowest BCUT2D eigenvalue weighted by Crippen LogP contribution is -2.43. The van der Waals surface area contributed by atoms with Crippen LogP contribution in [0, 0.1) is 0 Å². The quantitative estimate of drug-likeness (QED) is 0.523. The minimum absolute atomic E-state index is 0.0571. The maximum atomic E-state index is 13.0. The first-order valence-electron chi connectivity index (χ1n) is 11.6. The molecule has 0 spiro atoms. The fraction of sp³-hybridized carbons (Fsp3) is 0.440. The average Bonchev–Trinajstić information content (AvgIpc) is 3.68. The number of rotatable bonds is 9. The topological polar surface area (TPSA) is 101 Å². The first-order chi connectivity index (χ1) is 16.6. The summed E-state index contributed by atoms with van der Waals surface area (Å²) in [6.45, 7) is 3.24. The molecule has 1 saturated heterocycles. The smallest absolute Gasteiger partial charge is 0.319 e. The molecule has 1 unspecified atom stereocenters. The molecule has 34 heavy (non-hydrogen) atoms. The minimum atomic E-state index is -0.249. The Bertz CT molecular complexity index is 1000. The van der Waals surface area contributed by atoms with Crippen LogP contribution in [0.25, 0.3) is 0 Å². The van der Waals surface area contributed by atoms with Crippen molar-refractivity contribution in [3.05, 3.63) is 53.6 Å². The van der Waals surface area contributed by atoms with Gasteiger partial charge in [0.15, 0.2) is 11.5 Å². The van der Waals surface area contributed by atoms with Crippen molar-refractivity contribution in [2.45, 2.75) is 24.9 Å². The van der Waals surface area contributed by atoms with Gasteiger partial charge in [0.05, 0.1) is 33.5 Å². The number of ether oxygens (including phenoxy) is 3. The average molecular weight is 469 g/mol. The third-order valence-electron chi connectivity index (χ3n) is 6.03. The van der Waals surface area contributed by atoms with E-state index in [2.05, 4.69) is 20.9 Å². The van der Waals surface area contributed by atoms with Crippen molar-refractivity contribution in [3.63, 3.8) is 0 Å². The summed E-state index contributed by atoms with van der Waals surface area (Å²) in [5, 5.41) is 8.74. The van der Waals surface area contributed by atoms with Crippen LogP contribution in [0.5, 0.6) is 11.5 Å². The summed E-state index contributed by atoms with van der Waals surface area (Å²) in [5.41, 5.74) is 2.08. The molecule has 0 bridgehead atoms. The highest BCUT2D eigenvalue weighted by molar-refractivity contribution is 5.97. The van der Waals surface area contributed by atoms with Crippen LogP contribution in [0.2, 0.25) is 0 Å². The largest absolute Gasteiger partial charge is 0.493 e. The number of nitrogens with zero attached hydrogens (tertiary/aromatic N) is 1. The second-order valence-electron chi connectivity index (χ2n) is 8.44. The molecule has 1 heterocycles. The van der Waals surface area contributed by atoms with Crippen molar-refractivity contribution in [1.29, 1.82) is 0 Å². The van der Waals surface area contributed by atoms with Gasteiger partial charge in [-0.3, -0.25) is 9.69 Å². The highest BCUT2D eigenvalue weighted by atomic mass is 16.5. The van der Waals surface area contributed by atoms with Gasteiger partial charge in [-0.25, -0.2) is 4.79 Å². The number of hydrogen-bond donors (Lipinski definition) is 3. The SMILES string of the molecule is COc1ccc(C(CNC(=O)c2cccc(NC(=O)NC3CC3)c2)N2CCOCC2)cc1OC. The van der Waals surface area contributed by atoms with Crippen LogP contribution in [0.15, 0.2) is 42.5 Å². The molecule has 2 aromatic carbocycles. The number of carbonyl (C=O) groups excluding carboxylic acids is 2. The van der Waals surface area contributed by atoms with Crippen LogP contribution in [0.4, 0.5) is 10.5 Å². The van der Waals surface area contributed by atoms with E-state index < -0.39 is 0 Å². The van der Waals surface area contributed by atoms with Crippen molar-refractivity contribution in [2.75, 3.05) is 52.4 Å². The molecule has 182 valence electrons. The van der Waals surface area contributed by atoms with Crippen molar-refractivity contribution in [1.82, 2.24) is 15.5 Å². The Morgan fingerprint density at radius 1 is 1.06 bits per heavy atom. The Hall–Kier alpha value is -3.30. The van der Waals surface area contributed by atoms with Crippen LogP contribution in [0.1, 0.15) is 34.8 Å². The highest BCUT2D eigenvalue weighted by Crippen LogP contribution is 2.32. The minimum Gasteiger partial charge on any atom is -0.493 e. The standard InChI is InChI=1S/C25H32N4O5/c1-32-22-9-6-17(15-23(22)33-2)21(29-10-12-34-13-11-29)16-26-24(30)18-4-3-5-20(14-18)28-25(31)27-19-7-8-19/h3-6,9,14-15,19,21H,7-8,10-13,16H2,1-2H3,(H,26,30)(H2,27,28,31). The second kappa shape index (κ2) is 11.2. The Morgan fingerprint density at radius 3 is 2.53 bits per heavy atom. The van der Waals surface area contributed by atoms with Gasteiger partial charge in [-0.2, -0.15) is 0 Å². The third kappa shape index (κ3) is 6.18. The number of anilines is 1. The summed E-state index contributed by atoms with van der Waals surface area (Å²) < 4.78 is 16.4. The zero-order chi connectivity index (χ0) is 23.9. The van der Waals surface area contributed by atoms with Gasteiger partial charge < -0.3 is 30.2 Å². The Labute approximate surface area is 199 Å². The number of nitrogens with one attached hydrogen (secondary N) is 3.